The number of aromatic nitrogens is 2. The van der Waals surface area contributed by atoms with Crippen molar-refractivity contribution in [1.29, 1.82) is 0 Å². The Morgan fingerprint density at radius 1 is 1.20 bits per heavy atom. The average Bonchev–Trinajstić information content (AvgIpc) is 2.83. The van der Waals surface area contributed by atoms with Gasteiger partial charge in [-0.05, 0) is 31.2 Å². The summed E-state index contributed by atoms with van der Waals surface area (Å²) >= 11 is 1.78. The Bertz CT molecular complexity index is 607. The summed E-state index contributed by atoms with van der Waals surface area (Å²) < 4.78 is 2.12. The van der Waals surface area contributed by atoms with Crippen LogP contribution in [0.3, 0.4) is 0 Å². The average molecular weight is 214 g/mol. The Kier molecular flexibility index (Phi) is 1.86. The molecule has 3 heteroatoms. The van der Waals surface area contributed by atoms with Crippen LogP contribution in [0.15, 0.2) is 42.7 Å². The first kappa shape index (κ1) is 8.68. The zero-order valence-corrected chi connectivity index (χ0v) is 9.16. The number of pyridine rings is 1. The van der Waals surface area contributed by atoms with Crippen molar-refractivity contribution in [2.24, 2.45) is 0 Å². The Labute approximate surface area is 91.8 Å². The van der Waals surface area contributed by atoms with Crippen LogP contribution < -0.4 is 0 Å². The predicted octanol–water partition coefficient (Wildman–Crippen LogP) is 3.37. The van der Waals surface area contributed by atoms with Crippen LogP contribution in [0.4, 0.5) is 0 Å². The first-order valence-electron chi connectivity index (χ1n) is 4.83. The van der Waals surface area contributed by atoms with Crippen molar-refractivity contribution in [3.63, 3.8) is 0 Å². The van der Waals surface area contributed by atoms with E-state index < -0.39 is 0 Å². The number of hydrogen-bond donors (Lipinski definition) is 0. The Hall–Kier alpha value is -1.61. The molecular weight excluding hydrogens is 204 g/mol. The van der Waals surface area contributed by atoms with Crippen LogP contribution in [0.1, 0.15) is 4.88 Å². The molecule has 74 valence electrons. The molecule has 0 aliphatic carbocycles. The van der Waals surface area contributed by atoms with Gasteiger partial charge in [-0.15, -0.1) is 11.3 Å². The topological polar surface area (TPSA) is 17.3 Å². The Balaban J connectivity index is 2.27. The molecule has 3 aromatic rings. The summed E-state index contributed by atoms with van der Waals surface area (Å²) in [6.45, 7) is 2.12. The third-order valence-electron chi connectivity index (χ3n) is 2.40. The lowest BCUT2D eigenvalue weighted by Gasteiger charge is -1.96. The summed E-state index contributed by atoms with van der Waals surface area (Å²) in [6.07, 6.45) is 3.96. The normalized spacial score (nSPS) is 11.0. The third kappa shape index (κ3) is 1.36. The van der Waals surface area contributed by atoms with Gasteiger partial charge in [-0.25, -0.2) is 4.98 Å². The number of rotatable bonds is 1. The molecule has 0 atom stereocenters. The summed E-state index contributed by atoms with van der Waals surface area (Å²) in [4.78, 5) is 6.99. The molecule has 0 saturated heterocycles. The van der Waals surface area contributed by atoms with Crippen LogP contribution >= 0.6 is 11.3 Å². The highest BCUT2D eigenvalue weighted by atomic mass is 32.1. The van der Waals surface area contributed by atoms with Gasteiger partial charge in [0.05, 0.1) is 16.6 Å². The van der Waals surface area contributed by atoms with E-state index in [0.29, 0.717) is 0 Å². The standard InChI is InChI=1S/C12H10N2S/c1-9-5-6-11(15-9)12-13-8-10-4-2-3-7-14(10)12/h2-8H,1H3. The first-order valence-corrected chi connectivity index (χ1v) is 5.65. The molecule has 0 unspecified atom stereocenters. The summed E-state index contributed by atoms with van der Waals surface area (Å²) in [6, 6.07) is 10.4. The molecule has 15 heavy (non-hydrogen) atoms. The smallest absolute Gasteiger partial charge is 0.154 e. The maximum Gasteiger partial charge on any atom is 0.154 e. The zero-order chi connectivity index (χ0) is 10.3. The fraction of sp³-hybridized carbons (Fsp3) is 0.0833. The van der Waals surface area contributed by atoms with E-state index in [9.17, 15) is 0 Å². The third-order valence-corrected chi connectivity index (χ3v) is 3.40. The van der Waals surface area contributed by atoms with E-state index in [2.05, 4.69) is 34.5 Å². The van der Waals surface area contributed by atoms with E-state index in [1.165, 1.54) is 9.75 Å². The van der Waals surface area contributed by atoms with Gasteiger partial charge in [0.25, 0.3) is 0 Å². The van der Waals surface area contributed by atoms with Gasteiger partial charge >= 0.3 is 0 Å². The zero-order valence-electron chi connectivity index (χ0n) is 8.34. The van der Waals surface area contributed by atoms with Crippen LogP contribution in [0.5, 0.6) is 0 Å². The van der Waals surface area contributed by atoms with Gasteiger partial charge in [-0.1, -0.05) is 6.07 Å². The fourth-order valence-corrected chi connectivity index (χ4v) is 2.54. The quantitative estimate of drug-likeness (QED) is 0.607. The molecular formula is C12H10N2S. The van der Waals surface area contributed by atoms with Crippen LogP contribution in [0.2, 0.25) is 0 Å². The second-order valence-corrected chi connectivity index (χ2v) is 4.78. The monoisotopic (exact) mass is 214 g/mol. The van der Waals surface area contributed by atoms with E-state index in [1.807, 2.05) is 24.5 Å². The van der Waals surface area contributed by atoms with Crippen LogP contribution in [0.25, 0.3) is 16.2 Å². The lowest BCUT2D eigenvalue weighted by atomic mass is 10.4. The predicted molar refractivity (Wildman–Crippen MR) is 63.2 cm³/mol. The van der Waals surface area contributed by atoms with E-state index in [0.717, 1.165) is 11.3 Å². The molecule has 0 saturated carbocycles. The molecule has 0 radical (unpaired) electrons. The minimum Gasteiger partial charge on any atom is -0.299 e. The lowest BCUT2D eigenvalue weighted by Crippen LogP contribution is -1.85. The largest absolute Gasteiger partial charge is 0.299 e. The van der Waals surface area contributed by atoms with Crippen molar-refractivity contribution in [1.82, 2.24) is 9.38 Å². The summed E-state index contributed by atoms with van der Waals surface area (Å²) in [5.74, 6) is 1.03. The molecule has 0 aromatic carbocycles. The van der Waals surface area contributed by atoms with Gasteiger partial charge in [-0.3, -0.25) is 4.40 Å². The molecule has 3 aromatic heterocycles. The highest BCUT2D eigenvalue weighted by molar-refractivity contribution is 7.15. The molecule has 0 amide bonds. The number of imidazole rings is 1. The number of fused-ring (bicyclic) bond motifs is 1. The maximum atomic E-state index is 4.45. The van der Waals surface area contributed by atoms with Crippen molar-refractivity contribution in [3.05, 3.63) is 47.6 Å². The van der Waals surface area contributed by atoms with Gasteiger partial charge in [0, 0.05) is 11.1 Å². The molecule has 0 N–H and O–H groups in total. The molecule has 2 nitrogen and oxygen atoms in total. The summed E-state index contributed by atoms with van der Waals surface area (Å²) in [5.41, 5.74) is 1.14. The van der Waals surface area contributed by atoms with Gasteiger partial charge in [0.1, 0.15) is 0 Å². The summed E-state index contributed by atoms with van der Waals surface area (Å²) in [5, 5.41) is 0. The minimum absolute atomic E-state index is 1.03. The van der Waals surface area contributed by atoms with Crippen LogP contribution in [-0.2, 0) is 0 Å². The SMILES string of the molecule is Cc1ccc(-c2ncc3ccccn23)s1. The second kappa shape index (κ2) is 3.21. The second-order valence-electron chi connectivity index (χ2n) is 3.49. The number of aryl methyl sites for hydroxylation is 1. The van der Waals surface area contributed by atoms with Crippen LogP contribution in [0, 0.1) is 6.92 Å². The number of hydrogen-bond acceptors (Lipinski definition) is 2. The van der Waals surface area contributed by atoms with E-state index >= 15 is 0 Å². The number of thiophene rings is 1. The lowest BCUT2D eigenvalue weighted by molar-refractivity contribution is 1.17. The molecule has 0 aliphatic rings. The van der Waals surface area contributed by atoms with Crippen molar-refractivity contribution in [3.8, 4) is 10.7 Å². The molecule has 0 spiro atoms. The van der Waals surface area contributed by atoms with Gasteiger partial charge in [0.2, 0.25) is 0 Å². The van der Waals surface area contributed by atoms with E-state index in [4.69, 9.17) is 0 Å². The molecule has 0 fully saturated rings. The fourth-order valence-electron chi connectivity index (χ4n) is 1.68. The summed E-state index contributed by atoms with van der Waals surface area (Å²) in [7, 11) is 0. The first-order chi connectivity index (χ1) is 7.34. The highest BCUT2D eigenvalue weighted by Crippen LogP contribution is 2.26. The van der Waals surface area contributed by atoms with Crippen molar-refractivity contribution in [2.75, 3.05) is 0 Å². The molecule has 0 bridgehead atoms. The molecule has 3 heterocycles. The minimum atomic E-state index is 1.03. The van der Waals surface area contributed by atoms with Gasteiger partial charge in [0.15, 0.2) is 5.82 Å². The van der Waals surface area contributed by atoms with Crippen molar-refractivity contribution in [2.45, 2.75) is 6.92 Å². The van der Waals surface area contributed by atoms with E-state index in [1.54, 1.807) is 11.3 Å². The van der Waals surface area contributed by atoms with Crippen LogP contribution in [-0.4, -0.2) is 9.38 Å². The molecule has 3 rings (SSSR count). The maximum absolute atomic E-state index is 4.45. The van der Waals surface area contributed by atoms with Gasteiger partial charge in [-0.2, -0.15) is 0 Å². The van der Waals surface area contributed by atoms with Crippen molar-refractivity contribution < 1.29 is 0 Å². The van der Waals surface area contributed by atoms with Gasteiger partial charge < -0.3 is 0 Å². The molecule has 0 aliphatic heterocycles. The highest BCUT2D eigenvalue weighted by Gasteiger charge is 2.06. The Morgan fingerprint density at radius 3 is 2.93 bits per heavy atom. The Morgan fingerprint density at radius 2 is 2.13 bits per heavy atom. The van der Waals surface area contributed by atoms with Crippen molar-refractivity contribution >= 4 is 16.9 Å². The number of nitrogens with zero attached hydrogens (tertiary/aromatic N) is 2. The van der Waals surface area contributed by atoms with E-state index in [-0.39, 0.29) is 0 Å².